The third-order valence-corrected chi connectivity index (χ3v) is 0. The molecule has 0 atom stereocenters. The van der Waals surface area contributed by atoms with Gasteiger partial charge in [-0.2, -0.15) is 0 Å². The van der Waals surface area contributed by atoms with E-state index in [9.17, 15) is 4.39 Å². The van der Waals surface area contributed by atoms with Gasteiger partial charge in [-0.3, -0.25) is 0 Å². The first kappa shape index (κ1) is 21.6. The molecule has 0 heterocycles. The molecule has 5 heteroatoms. The maximum atomic E-state index is 9.85. The van der Waals surface area contributed by atoms with E-state index in [4.69, 9.17) is 14.9 Å². The van der Waals surface area contributed by atoms with E-state index in [0.29, 0.717) is 0 Å². The van der Waals surface area contributed by atoms with Crippen LogP contribution < -0.4 is 0 Å². The molecule has 0 bridgehead atoms. The van der Waals surface area contributed by atoms with Crippen LogP contribution >= 0.6 is 0 Å². The van der Waals surface area contributed by atoms with E-state index in [0.717, 1.165) is 0 Å². The molecule has 6 heavy (non-hydrogen) atoms. The molecule has 0 radical (unpaired) electrons. The standard InChI is InChI=1S/CH3FO.FHO.Rf/c2-1-3;1-2;/h3H,1H2;2H;. The second-order valence-corrected chi connectivity index (χ2v) is 0.120. The smallest absolute Gasteiger partial charge is 0.185 e. The molecule has 2 N–H and O–H groups in total. The van der Waals surface area contributed by atoms with Crippen molar-refractivity contribution in [3.63, 3.8) is 0 Å². The summed E-state index contributed by atoms with van der Waals surface area (Å²) in [4.78, 5) is 0. The largest absolute Gasteiger partial charge is 0.366 e. The van der Waals surface area contributed by atoms with E-state index >= 15 is 0 Å². The summed E-state index contributed by atoms with van der Waals surface area (Å²) in [5.41, 5.74) is 0. The minimum atomic E-state index is -1.25. The van der Waals surface area contributed by atoms with E-state index in [2.05, 4.69) is 0 Å². The van der Waals surface area contributed by atoms with E-state index < -0.39 is 6.86 Å². The van der Waals surface area contributed by atoms with Crippen molar-refractivity contribution in [3.05, 3.63) is 0 Å². The Morgan fingerprint density at radius 3 is 1.33 bits per heavy atom. The van der Waals surface area contributed by atoms with Crippen LogP contribution in [0.25, 0.3) is 0 Å². The summed E-state index contributed by atoms with van der Waals surface area (Å²) in [6.07, 6.45) is 0. The first-order valence-electron chi connectivity index (χ1n) is 0.753. The van der Waals surface area contributed by atoms with Gasteiger partial charge in [-0.1, -0.05) is 4.53 Å². The summed E-state index contributed by atoms with van der Waals surface area (Å²) in [7, 11) is 0. The summed E-state index contributed by atoms with van der Waals surface area (Å²) < 4.78 is 18.3. The fourth-order valence-electron chi connectivity index (χ4n) is 0. The number of alkyl halides is 1. The van der Waals surface area contributed by atoms with Gasteiger partial charge in [0.15, 0.2) is 6.86 Å². The van der Waals surface area contributed by atoms with Crippen molar-refractivity contribution in [2.75, 3.05) is 6.86 Å². The molecule has 0 saturated carbocycles. The molecule has 0 aliphatic heterocycles. The number of aliphatic hydroxyl groups is 1. The second kappa shape index (κ2) is 604. The summed E-state index contributed by atoms with van der Waals surface area (Å²) in [6.45, 7) is -1.25. The molecule has 36 valence electrons. The monoisotopic (exact) mass is 353 g/mol. The van der Waals surface area contributed by atoms with Crippen molar-refractivity contribution < 1.29 is 19.3 Å². The maximum Gasteiger partial charge on any atom is 0.185 e. The minimum absolute atomic E-state index is 0. The second-order valence-electron chi connectivity index (χ2n) is 0.120. The molecule has 0 saturated heterocycles. The first-order chi connectivity index (χ1) is 2.41. The molecule has 0 aromatic carbocycles. The zero-order chi connectivity index (χ0) is 4.71. The van der Waals surface area contributed by atoms with Crippen LogP contribution in [0.1, 0.15) is 0 Å². The normalized spacial score (nSPS) is 4.00. The van der Waals surface area contributed by atoms with E-state index in [1.165, 1.54) is 0 Å². The van der Waals surface area contributed by atoms with Gasteiger partial charge in [0.1, 0.15) is 0 Å². The SMILES string of the molecule is OCF.OF.[Rf]. The van der Waals surface area contributed by atoms with Crippen LogP contribution in [0.3, 0.4) is 0 Å². The number of halogens is 2. The van der Waals surface area contributed by atoms with Gasteiger partial charge in [0.2, 0.25) is 0 Å². The maximum absolute atomic E-state index is 9.85. The summed E-state index contributed by atoms with van der Waals surface area (Å²) in [6, 6.07) is 0. The molecule has 0 aliphatic rings. The van der Waals surface area contributed by atoms with E-state index in [1.54, 1.807) is 0 Å². The van der Waals surface area contributed by atoms with Crippen molar-refractivity contribution in [1.82, 2.24) is 0 Å². The van der Waals surface area contributed by atoms with E-state index in [1.807, 2.05) is 0 Å². The van der Waals surface area contributed by atoms with Gasteiger partial charge >= 0.3 is 0 Å². The van der Waals surface area contributed by atoms with Crippen LogP contribution in [-0.4, -0.2) is 17.3 Å². The Kier molecular flexibility index (Phi) is 2170. The Morgan fingerprint density at radius 1 is 1.33 bits per heavy atom. The zero-order valence-electron chi connectivity index (χ0n) is 3.06. The van der Waals surface area contributed by atoms with Crippen LogP contribution in [0.4, 0.5) is 8.92 Å². The predicted molar refractivity (Wildman–Crippen MR) is 11.5 cm³/mol. The molecule has 0 aromatic rings. The van der Waals surface area contributed by atoms with Gasteiger partial charge in [0.25, 0.3) is 0 Å². The third-order valence-electron chi connectivity index (χ3n) is 0. The van der Waals surface area contributed by atoms with Crippen molar-refractivity contribution in [2.45, 2.75) is 0 Å². The predicted octanol–water partition coefficient (Wildman–Crippen LogP) is -0.231. The van der Waals surface area contributed by atoms with Crippen molar-refractivity contribution >= 4 is 0 Å². The molecule has 0 rings (SSSR count). The average Bonchev–Trinajstić information content (AvgIpc) is 1.46. The van der Waals surface area contributed by atoms with Crippen LogP contribution in [-0.2, 0) is 0 Å². The fourth-order valence-corrected chi connectivity index (χ4v) is 0. The van der Waals surface area contributed by atoms with Gasteiger partial charge in [0, 0.05) is 0 Å². The number of aliphatic hydroxyl groups excluding tert-OH is 1. The molecule has 0 aliphatic carbocycles. The van der Waals surface area contributed by atoms with Gasteiger partial charge in [-0.25, -0.2) is 9.70 Å². The minimum Gasteiger partial charge on any atom is -0.366 e. The molecule has 2 nitrogen and oxygen atoms in total. The summed E-state index contributed by atoms with van der Waals surface area (Å²) in [5.74, 6) is 0. The van der Waals surface area contributed by atoms with Crippen LogP contribution in [0, 0.1) is 0 Å². The Bertz CT molecular complexity index is 11.5. The van der Waals surface area contributed by atoms with Gasteiger partial charge < -0.3 is 5.11 Å². The Labute approximate surface area is 27.6 Å². The van der Waals surface area contributed by atoms with Gasteiger partial charge in [-0.15, -0.1) is 0 Å². The topological polar surface area (TPSA) is 40.5 Å². The molecule has 0 amide bonds. The molecule has 0 fully saturated rings. The fraction of sp³-hybridized carbons (Fsp3) is 1.00. The van der Waals surface area contributed by atoms with Gasteiger partial charge in [-0.05, 0) is 0 Å². The first-order valence-corrected chi connectivity index (χ1v) is 0.753. The summed E-state index contributed by atoms with van der Waals surface area (Å²) in [5, 5.41) is 12.4. The molecule has 0 spiro atoms. The molecule has 0 aromatic heterocycles. The van der Waals surface area contributed by atoms with Crippen LogP contribution in [0.15, 0.2) is 0 Å². The number of rotatable bonds is 0. The Morgan fingerprint density at radius 2 is 1.33 bits per heavy atom. The number of hydrogen-bond donors (Lipinski definition) is 2. The van der Waals surface area contributed by atoms with Crippen molar-refractivity contribution in [2.24, 2.45) is 0 Å². The Balaban J connectivity index is -0.0000000275. The van der Waals surface area contributed by atoms with Crippen LogP contribution in [0.5, 0.6) is 0 Å². The van der Waals surface area contributed by atoms with Gasteiger partial charge in [0.05, 0.1) is 0 Å². The zero-order valence-corrected chi connectivity index (χ0v) is 9.46. The quantitative estimate of drug-likeness (QED) is 0.632. The van der Waals surface area contributed by atoms with Crippen molar-refractivity contribution in [1.29, 1.82) is 0 Å². The number of hydrogen-bond acceptors (Lipinski definition) is 2. The van der Waals surface area contributed by atoms with Crippen molar-refractivity contribution in [3.8, 4) is 0 Å². The third kappa shape index (κ3) is 5.92. The summed E-state index contributed by atoms with van der Waals surface area (Å²) >= 11 is 0. The average molecular weight is 353 g/mol. The molecular formula is CH4F2O2Rf. The molecule has 0 unspecified atom stereocenters. The Hall–Kier alpha value is -1.22. The molecular weight excluding hydrogens is 349 g/mol. The van der Waals surface area contributed by atoms with Crippen LogP contribution in [0.2, 0.25) is 0 Å². The van der Waals surface area contributed by atoms with E-state index in [-0.39, 0.29) is 0 Å².